The number of nitrogens with zero attached hydrogens (tertiary/aromatic N) is 2. The second kappa shape index (κ2) is 14.6. The summed E-state index contributed by atoms with van der Waals surface area (Å²) in [6.45, 7) is 10.7. The van der Waals surface area contributed by atoms with Crippen LogP contribution in [-0.4, -0.2) is 43.8 Å². The second-order valence-corrected chi connectivity index (χ2v) is 8.56. The Morgan fingerprint density at radius 2 is 2.04 bits per heavy atom. The molecule has 0 aliphatic heterocycles. The molecule has 1 saturated carbocycles. The van der Waals surface area contributed by atoms with Gasteiger partial charge in [0.15, 0.2) is 5.96 Å². The van der Waals surface area contributed by atoms with Gasteiger partial charge in [0.25, 0.3) is 0 Å². The highest BCUT2D eigenvalue weighted by Gasteiger charge is 2.33. The van der Waals surface area contributed by atoms with Crippen LogP contribution in [0.5, 0.6) is 0 Å². The predicted molar refractivity (Wildman–Crippen MR) is 131 cm³/mol. The number of unbranched alkanes of at least 4 members (excludes halogenated alkanes) is 1. The van der Waals surface area contributed by atoms with Crippen molar-refractivity contribution in [1.29, 1.82) is 0 Å². The van der Waals surface area contributed by atoms with Crippen LogP contribution in [0.3, 0.4) is 0 Å². The van der Waals surface area contributed by atoms with Crippen molar-refractivity contribution >= 4 is 41.3 Å². The first-order valence-corrected chi connectivity index (χ1v) is 11.6. The zero-order valence-electron chi connectivity index (χ0n) is 17.9. The highest BCUT2D eigenvalue weighted by Crippen LogP contribution is 2.41. The first-order chi connectivity index (χ1) is 13.2. The lowest BCUT2D eigenvalue weighted by Gasteiger charge is -2.27. The SMILES string of the molecule is CCNC(=NCC1(CCOCC)CCCC1)NCCCCc1nc(C)cs1.I. The minimum atomic E-state index is 0. The third-order valence-electron chi connectivity index (χ3n) is 5.34. The van der Waals surface area contributed by atoms with E-state index in [0.29, 0.717) is 5.41 Å². The largest absolute Gasteiger partial charge is 0.382 e. The van der Waals surface area contributed by atoms with E-state index in [0.717, 1.165) is 70.2 Å². The van der Waals surface area contributed by atoms with E-state index in [4.69, 9.17) is 9.73 Å². The Labute approximate surface area is 192 Å². The number of thiazole rings is 1. The van der Waals surface area contributed by atoms with Crippen molar-refractivity contribution in [2.75, 3.05) is 32.8 Å². The number of hydrogen-bond acceptors (Lipinski definition) is 4. The maximum atomic E-state index is 5.62. The van der Waals surface area contributed by atoms with E-state index in [2.05, 4.69) is 41.8 Å². The summed E-state index contributed by atoms with van der Waals surface area (Å²) in [5.41, 5.74) is 1.49. The lowest BCUT2D eigenvalue weighted by molar-refractivity contribution is 0.107. The van der Waals surface area contributed by atoms with E-state index < -0.39 is 0 Å². The minimum absolute atomic E-state index is 0. The van der Waals surface area contributed by atoms with Gasteiger partial charge in [0.2, 0.25) is 0 Å². The molecule has 2 N–H and O–H groups in total. The van der Waals surface area contributed by atoms with Gasteiger partial charge in [-0.25, -0.2) is 4.98 Å². The van der Waals surface area contributed by atoms with Gasteiger partial charge < -0.3 is 15.4 Å². The van der Waals surface area contributed by atoms with E-state index in [9.17, 15) is 0 Å². The maximum Gasteiger partial charge on any atom is 0.191 e. The number of ether oxygens (including phenoxy) is 1. The number of hydrogen-bond donors (Lipinski definition) is 2. The Kier molecular flexibility index (Phi) is 13.3. The second-order valence-electron chi connectivity index (χ2n) is 7.62. The first-order valence-electron chi connectivity index (χ1n) is 10.7. The van der Waals surface area contributed by atoms with Crippen LogP contribution >= 0.6 is 35.3 Å². The van der Waals surface area contributed by atoms with Gasteiger partial charge in [-0.15, -0.1) is 35.3 Å². The molecule has 0 saturated heterocycles. The number of aromatic nitrogens is 1. The lowest BCUT2D eigenvalue weighted by atomic mass is 9.83. The van der Waals surface area contributed by atoms with Crippen molar-refractivity contribution < 1.29 is 4.74 Å². The summed E-state index contributed by atoms with van der Waals surface area (Å²) in [6, 6.07) is 0. The molecule has 0 aromatic carbocycles. The van der Waals surface area contributed by atoms with Crippen molar-refractivity contribution in [2.24, 2.45) is 10.4 Å². The molecule has 1 aliphatic rings. The van der Waals surface area contributed by atoms with Crippen LogP contribution in [0.2, 0.25) is 0 Å². The Hall–Kier alpha value is -0.410. The summed E-state index contributed by atoms with van der Waals surface area (Å²) in [6.07, 6.45) is 9.76. The summed E-state index contributed by atoms with van der Waals surface area (Å²) < 4.78 is 5.62. The van der Waals surface area contributed by atoms with Crippen LogP contribution in [0.1, 0.15) is 69.5 Å². The maximum absolute atomic E-state index is 5.62. The number of guanidine groups is 1. The van der Waals surface area contributed by atoms with E-state index in [1.807, 2.05) is 0 Å². The molecule has 7 heteroatoms. The van der Waals surface area contributed by atoms with Gasteiger partial charge in [-0.2, -0.15) is 0 Å². The summed E-state index contributed by atoms with van der Waals surface area (Å²) in [5.74, 6) is 0.963. The Morgan fingerprint density at radius 3 is 2.68 bits per heavy atom. The average Bonchev–Trinajstić information content (AvgIpc) is 3.29. The summed E-state index contributed by atoms with van der Waals surface area (Å²) in [4.78, 5) is 9.47. The highest BCUT2D eigenvalue weighted by molar-refractivity contribution is 14.0. The molecule has 1 aromatic rings. The molecule has 162 valence electrons. The molecule has 1 aliphatic carbocycles. The Balaban J connectivity index is 0.00000392. The Bertz CT molecular complexity index is 558. The van der Waals surface area contributed by atoms with Gasteiger partial charge in [0.1, 0.15) is 0 Å². The Morgan fingerprint density at radius 1 is 1.25 bits per heavy atom. The number of nitrogens with one attached hydrogen (secondary N) is 2. The van der Waals surface area contributed by atoms with Crippen molar-refractivity contribution in [3.8, 4) is 0 Å². The molecular formula is C21H39IN4OS. The van der Waals surface area contributed by atoms with Crippen LogP contribution < -0.4 is 10.6 Å². The van der Waals surface area contributed by atoms with Crippen LogP contribution in [-0.2, 0) is 11.2 Å². The van der Waals surface area contributed by atoms with Crippen LogP contribution in [0.25, 0.3) is 0 Å². The normalized spacial score (nSPS) is 16.0. The summed E-state index contributed by atoms with van der Waals surface area (Å²) in [5, 5.41) is 10.3. The molecule has 0 spiro atoms. The van der Waals surface area contributed by atoms with Crippen molar-refractivity contribution in [2.45, 2.75) is 72.1 Å². The monoisotopic (exact) mass is 522 g/mol. The standard InChI is InChI=1S/C21H38N4OS.HI/c1-4-22-20(23-14-9-6-10-19-25-18(3)16-27-19)24-17-21(11-7-8-12-21)13-15-26-5-2;/h16H,4-15,17H2,1-3H3,(H2,22,23,24);1H. The topological polar surface area (TPSA) is 58.5 Å². The van der Waals surface area contributed by atoms with Gasteiger partial charge >= 0.3 is 0 Å². The molecule has 0 bridgehead atoms. The van der Waals surface area contributed by atoms with Gasteiger partial charge in [-0.1, -0.05) is 12.8 Å². The van der Waals surface area contributed by atoms with Gasteiger partial charge in [-0.3, -0.25) is 4.99 Å². The highest BCUT2D eigenvalue weighted by atomic mass is 127. The molecule has 2 rings (SSSR count). The van der Waals surface area contributed by atoms with Crippen LogP contribution in [0.15, 0.2) is 10.4 Å². The van der Waals surface area contributed by atoms with E-state index in [1.165, 1.54) is 30.7 Å². The van der Waals surface area contributed by atoms with Gasteiger partial charge in [0.05, 0.1) is 5.01 Å². The molecule has 5 nitrogen and oxygen atoms in total. The fraction of sp³-hybridized carbons (Fsp3) is 0.810. The smallest absolute Gasteiger partial charge is 0.191 e. The van der Waals surface area contributed by atoms with Gasteiger partial charge in [0, 0.05) is 43.9 Å². The molecule has 28 heavy (non-hydrogen) atoms. The van der Waals surface area contributed by atoms with E-state index in [-0.39, 0.29) is 24.0 Å². The molecule has 0 atom stereocenters. The molecule has 0 amide bonds. The molecule has 1 heterocycles. The quantitative estimate of drug-likeness (QED) is 0.177. The van der Waals surface area contributed by atoms with Crippen LogP contribution in [0.4, 0.5) is 0 Å². The average molecular weight is 523 g/mol. The predicted octanol–water partition coefficient (Wildman–Crippen LogP) is 4.93. The molecule has 0 unspecified atom stereocenters. The van der Waals surface area contributed by atoms with Crippen molar-refractivity contribution in [3.05, 3.63) is 16.1 Å². The summed E-state index contributed by atoms with van der Waals surface area (Å²) in [7, 11) is 0. The first kappa shape index (κ1) is 25.6. The molecule has 0 radical (unpaired) electrons. The van der Waals surface area contributed by atoms with E-state index in [1.54, 1.807) is 11.3 Å². The number of halogens is 1. The third kappa shape index (κ3) is 9.39. The molecule has 1 aromatic heterocycles. The van der Waals surface area contributed by atoms with Gasteiger partial charge in [-0.05, 0) is 64.7 Å². The summed E-state index contributed by atoms with van der Waals surface area (Å²) >= 11 is 1.77. The van der Waals surface area contributed by atoms with E-state index >= 15 is 0 Å². The zero-order chi connectivity index (χ0) is 19.4. The third-order valence-corrected chi connectivity index (χ3v) is 6.36. The van der Waals surface area contributed by atoms with Crippen molar-refractivity contribution in [1.82, 2.24) is 15.6 Å². The number of rotatable bonds is 12. The minimum Gasteiger partial charge on any atom is -0.382 e. The van der Waals surface area contributed by atoms with Crippen molar-refractivity contribution in [3.63, 3.8) is 0 Å². The molecular weight excluding hydrogens is 483 g/mol. The number of aliphatic imine (C=N–C) groups is 1. The zero-order valence-corrected chi connectivity index (χ0v) is 21.0. The fourth-order valence-corrected chi connectivity index (χ4v) is 4.58. The number of aryl methyl sites for hydroxylation is 2. The van der Waals surface area contributed by atoms with Crippen LogP contribution in [0, 0.1) is 12.3 Å². The lowest BCUT2D eigenvalue weighted by Crippen LogP contribution is -2.39. The molecule has 1 fully saturated rings. The fourth-order valence-electron chi connectivity index (χ4n) is 3.76.